The van der Waals surface area contributed by atoms with E-state index in [0.717, 1.165) is 5.56 Å². The average Bonchev–Trinajstić information content (AvgIpc) is 2.65. The van der Waals surface area contributed by atoms with Crippen LogP contribution in [0.5, 0.6) is 5.75 Å². The maximum absolute atomic E-state index is 12.3. The molecule has 7 heteroatoms. The maximum atomic E-state index is 12.3. The van der Waals surface area contributed by atoms with Crippen molar-refractivity contribution in [2.24, 2.45) is 0 Å². The van der Waals surface area contributed by atoms with Crippen LogP contribution in [0.15, 0.2) is 48.5 Å². The number of para-hydroxylation sites is 1. The first-order chi connectivity index (χ1) is 12.6. The lowest BCUT2D eigenvalue weighted by Gasteiger charge is -2.12. The van der Waals surface area contributed by atoms with Gasteiger partial charge in [0.15, 0.2) is 0 Å². The maximum Gasteiger partial charge on any atom is 0.407 e. The van der Waals surface area contributed by atoms with Crippen LogP contribution in [-0.2, 0) is 11.3 Å². The summed E-state index contributed by atoms with van der Waals surface area (Å²) in [6, 6.07) is 14.3. The third-order valence-corrected chi connectivity index (χ3v) is 3.65. The van der Waals surface area contributed by atoms with E-state index in [0.29, 0.717) is 29.5 Å². The van der Waals surface area contributed by atoms with Crippen molar-refractivity contribution >= 4 is 23.6 Å². The van der Waals surface area contributed by atoms with Crippen molar-refractivity contribution in [1.82, 2.24) is 10.6 Å². The monoisotopic (exact) mass is 376 g/mol. The SMILES string of the molecule is CCOC(=O)NCCNC(=O)c1ccccc1OCc1ccc(Cl)cc1. The van der Waals surface area contributed by atoms with Crippen molar-refractivity contribution < 1.29 is 19.1 Å². The molecule has 0 aliphatic rings. The highest BCUT2D eigenvalue weighted by Crippen LogP contribution is 2.20. The Hall–Kier alpha value is -2.73. The van der Waals surface area contributed by atoms with E-state index in [-0.39, 0.29) is 19.0 Å². The van der Waals surface area contributed by atoms with Gasteiger partial charge in [-0.15, -0.1) is 0 Å². The second kappa shape index (κ2) is 10.3. The molecule has 2 aromatic rings. The number of nitrogens with one attached hydrogen (secondary N) is 2. The third kappa shape index (κ3) is 6.29. The van der Waals surface area contributed by atoms with Crippen molar-refractivity contribution in [2.75, 3.05) is 19.7 Å². The third-order valence-electron chi connectivity index (χ3n) is 3.39. The van der Waals surface area contributed by atoms with Gasteiger partial charge >= 0.3 is 6.09 Å². The summed E-state index contributed by atoms with van der Waals surface area (Å²) in [6.07, 6.45) is -0.506. The summed E-state index contributed by atoms with van der Waals surface area (Å²) in [5.74, 6) is 0.209. The molecule has 138 valence electrons. The molecule has 0 spiro atoms. The number of ether oxygens (including phenoxy) is 2. The molecule has 6 nitrogen and oxygen atoms in total. The standard InChI is InChI=1S/C19H21ClN2O4/c1-2-25-19(24)22-12-11-21-18(23)16-5-3-4-6-17(16)26-13-14-7-9-15(20)10-8-14/h3-10H,2,11-13H2,1H3,(H,21,23)(H,22,24). The van der Waals surface area contributed by atoms with Gasteiger partial charge in [-0.2, -0.15) is 0 Å². The van der Waals surface area contributed by atoms with Gasteiger partial charge in [0.1, 0.15) is 12.4 Å². The van der Waals surface area contributed by atoms with Crippen LogP contribution in [-0.4, -0.2) is 31.7 Å². The van der Waals surface area contributed by atoms with Crippen molar-refractivity contribution in [3.05, 3.63) is 64.7 Å². The van der Waals surface area contributed by atoms with Gasteiger partial charge in [-0.05, 0) is 36.8 Å². The number of amides is 2. The minimum atomic E-state index is -0.506. The zero-order chi connectivity index (χ0) is 18.8. The molecular weight excluding hydrogens is 356 g/mol. The Bertz CT molecular complexity index is 735. The molecule has 0 fully saturated rings. The summed E-state index contributed by atoms with van der Waals surface area (Å²) in [5.41, 5.74) is 1.38. The molecule has 0 aromatic heterocycles. The fourth-order valence-electron chi connectivity index (χ4n) is 2.14. The molecule has 2 N–H and O–H groups in total. The zero-order valence-corrected chi connectivity index (χ0v) is 15.2. The van der Waals surface area contributed by atoms with Crippen LogP contribution in [0.3, 0.4) is 0 Å². The Morgan fingerprint density at radius 3 is 2.42 bits per heavy atom. The molecule has 2 amide bonds. The van der Waals surface area contributed by atoms with Gasteiger partial charge in [0, 0.05) is 18.1 Å². The number of carbonyl (C=O) groups excluding carboxylic acids is 2. The van der Waals surface area contributed by atoms with Gasteiger partial charge in [0.2, 0.25) is 0 Å². The summed E-state index contributed by atoms with van der Waals surface area (Å²) in [6.45, 7) is 2.91. The summed E-state index contributed by atoms with van der Waals surface area (Å²) < 4.78 is 10.5. The number of benzene rings is 2. The number of carbonyl (C=O) groups is 2. The molecule has 0 atom stereocenters. The van der Waals surface area contributed by atoms with Gasteiger partial charge in [-0.25, -0.2) is 4.79 Å². The lowest BCUT2D eigenvalue weighted by molar-refractivity contribution is 0.0947. The molecule has 0 radical (unpaired) electrons. The molecule has 0 aliphatic heterocycles. The first-order valence-electron chi connectivity index (χ1n) is 8.25. The van der Waals surface area contributed by atoms with Crippen molar-refractivity contribution in [2.45, 2.75) is 13.5 Å². The van der Waals surface area contributed by atoms with E-state index < -0.39 is 6.09 Å². The van der Waals surface area contributed by atoms with E-state index in [1.165, 1.54) is 0 Å². The number of rotatable bonds is 8. The van der Waals surface area contributed by atoms with E-state index in [1.54, 1.807) is 43.3 Å². The van der Waals surface area contributed by atoms with Crippen LogP contribution < -0.4 is 15.4 Å². The largest absolute Gasteiger partial charge is 0.488 e. The Balaban J connectivity index is 1.87. The van der Waals surface area contributed by atoms with Crippen LogP contribution in [0.4, 0.5) is 4.79 Å². The highest BCUT2D eigenvalue weighted by Gasteiger charge is 2.12. The van der Waals surface area contributed by atoms with Gasteiger partial charge < -0.3 is 20.1 Å². The number of hydrogen-bond acceptors (Lipinski definition) is 4. The Labute approximate surface area is 157 Å². The Kier molecular flexibility index (Phi) is 7.76. The predicted molar refractivity (Wildman–Crippen MR) is 99.6 cm³/mol. The van der Waals surface area contributed by atoms with Gasteiger partial charge in [-0.1, -0.05) is 35.9 Å². The normalized spacial score (nSPS) is 10.1. The average molecular weight is 377 g/mol. The first kappa shape index (κ1) is 19.6. The highest BCUT2D eigenvalue weighted by atomic mass is 35.5. The van der Waals surface area contributed by atoms with Crippen LogP contribution >= 0.6 is 11.6 Å². The molecule has 2 rings (SSSR count). The van der Waals surface area contributed by atoms with Gasteiger partial charge in [0.05, 0.1) is 12.2 Å². The lowest BCUT2D eigenvalue weighted by atomic mass is 10.2. The zero-order valence-electron chi connectivity index (χ0n) is 14.5. The molecule has 0 saturated heterocycles. The van der Waals surface area contributed by atoms with E-state index in [2.05, 4.69) is 10.6 Å². The predicted octanol–water partition coefficient (Wildman–Crippen LogP) is 3.39. The smallest absolute Gasteiger partial charge is 0.407 e. The molecule has 0 saturated carbocycles. The molecule has 2 aromatic carbocycles. The van der Waals surface area contributed by atoms with Crippen molar-refractivity contribution in [1.29, 1.82) is 0 Å². The summed E-state index contributed by atoms with van der Waals surface area (Å²) >= 11 is 5.87. The number of halogens is 1. The van der Waals surface area contributed by atoms with E-state index in [9.17, 15) is 9.59 Å². The fraction of sp³-hybridized carbons (Fsp3) is 0.263. The summed E-state index contributed by atoms with van der Waals surface area (Å²) in [7, 11) is 0. The highest BCUT2D eigenvalue weighted by molar-refractivity contribution is 6.30. The molecular formula is C19H21ClN2O4. The van der Waals surface area contributed by atoms with Crippen LogP contribution in [0.25, 0.3) is 0 Å². The van der Waals surface area contributed by atoms with Gasteiger partial charge in [-0.3, -0.25) is 4.79 Å². The summed E-state index contributed by atoms with van der Waals surface area (Å²) in [5, 5.41) is 5.93. The van der Waals surface area contributed by atoms with E-state index >= 15 is 0 Å². The Morgan fingerprint density at radius 2 is 1.69 bits per heavy atom. The quantitative estimate of drug-likeness (QED) is 0.692. The summed E-state index contributed by atoms with van der Waals surface area (Å²) in [4.78, 5) is 23.5. The minimum absolute atomic E-state index is 0.276. The number of alkyl carbamates (subject to hydrolysis) is 1. The topological polar surface area (TPSA) is 76.7 Å². The van der Waals surface area contributed by atoms with Crippen LogP contribution in [0, 0.1) is 0 Å². The second-order valence-electron chi connectivity index (χ2n) is 5.31. The molecule has 0 bridgehead atoms. The van der Waals surface area contributed by atoms with Crippen molar-refractivity contribution in [3.8, 4) is 5.75 Å². The minimum Gasteiger partial charge on any atom is -0.488 e. The van der Waals surface area contributed by atoms with Gasteiger partial charge in [0.25, 0.3) is 5.91 Å². The molecule has 26 heavy (non-hydrogen) atoms. The van der Waals surface area contributed by atoms with Crippen molar-refractivity contribution in [3.63, 3.8) is 0 Å². The second-order valence-corrected chi connectivity index (χ2v) is 5.75. The molecule has 0 aliphatic carbocycles. The molecule has 0 unspecified atom stereocenters. The van der Waals surface area contributed by atoms with Crippen LogP contribution in [0.2, 0.25) is 5.02 Å². The fourth-order valence-corrected chi connectivity index (χ4v) is 2.27. The van der Waals surface area contributed by atoms with E-state index in [4.69, 9.17) is 21.1 Å². The van der Waals surface area contributed by atoms with E-state index in [1.807, 2.05) is 12.1 Å². The molecule has 0 heterocycles. The Morgan fingerprint density at radius 1 is 1.00 bits per heavy atom. The number of hydrogen-bond donors (Lipinski definition) is 2. The first-order valence-corrected chi connectivity index (χ1v) is 8.63. The lowest BCUT2D eigenvalue weighted by Crippen LogP contribution is -2.35. The van der Waals surface area contributed by atoms with Crippen LogP contribution in [0.1, 0.15) is 22.8 Å².